The number of nitrogens with zero attached hydrogens (tertiary/aromatic N) is 4. The largest absolute Gasteiger partial charge is 0.381 e. The van der Waals surface area contributed by atoms with E-state index in [1.54, 1.807) is 0 Å². The summed E-state index contributed by atoms with van der Waals surface area (Å²) in [5.41, 5.74) is 9.30. The Labute approximate surface area is 95.2 Å². The fourth-order valence-corrected chi connectivity index (χ4v) is 1.83. The molecule has 5 nitrogen and oxygen atoms in total. The number of aromatic nitrogens is 1. The molecule has 0 N–H and O–H groups in total. The Morgan fingerprint density at radius 2 is 2.40 bits per heavy atom. The molecule has 0 radical (unpaired) electrons. The monoisotopic (exact) mass is 268 g/mol. The molecule has 2 heterocycles. The average Bonchev–Trinajstić information content (AvgIpc) is 2.14. The fraction of sp³-hybridized carbons (Fsp3) is 0.444. The van der Waals surface area contributed by atoms with Crippen LogP contribution in [0.3, 0.4) is 0 Å². The molecule has 6 heteroatoms. The third-order valence-corrected chi connectivity index (χ3v) is 2.77. The van der Waals surface area contributed by atoms with E-state index in [-0.39, 0.29) is 12.0 Å². The van der Waals surface area contributed by atoms with E-state index in [0.29, 0.717) is 13.2 Å². The number of azide groups is 1. The van der Waals surface area contributed by atoms with Gasteiger partial charge in [0.25, 0.3) is 0 Å². The summed E-state index contributed by atoms with van der Waals surface area (Å²) in [7, 11) is 0. The second kappa shape index (κ2) is 4.61. The van der Waals surface area contributed by atoms with Gasteiger partial charge in [-0.15, -0.1) is 0 Å². The summed E-state index contributed by atoms with van der Waals surface area (Å²) in [6.45, 7) is 1.27. The highest BCUT2D eigenvalue weighted by atomic mass is 79.9. The molecule has 1 aliphatic heterocycles. The molecule has 1 aromatic rings. The van der Waals surface area contributed by atoms with Crippen molar-refractivity contribution in [1.82, 2.24) is 4.98 Å². The molecule has 0 amide bonds. The maximum Gasteiger partial charge on any atom is 0.106 e. The zero-order valence-electron chi connectivity index (χ0n) is 7.88. The normalized spacial score (nSPS) is 17.7. The number of hydrogen-bond donors (Lipinski definition) is 0. The van der Waals surface area contributed by atoms with E-state index < -0.39 is 0 Å². The first kappa shape index (κ1) is 10.4. The van der Waals surface area contributed by atoms with Crippen LogP contribution in [-0.4, -0.2) is 18.2 Å². The van der Waals surface area contributed by atoms with Gasteiger partial charge in [-0.1, -0.05) is 11.2 Å². The van der Waals surface area contributed by atoms with Crippen LogP contribution in [0.1, 0.15) is 11.7 Å². The van der Waals surface area contributed by atoms with Crippen molar-refractivity contribution in [2.24, 2.45) is 11.0 Å². The first-order valence-electron chi connectivity index (χ1n) is 4.55. The molecule has 0 spiro atoms. The van der Waals surface area contributed by atoms with Crippen molar-refractivity contribution in [2.75, 3.05) is 13.2 Å². The SMILES string of the molecule is [N-]=[N+]=NC(c1cccc(Br)n1)C1COC1. The van der Waals surface area contributed by atoms with Crippen LogP contribution in [0.4, 0.5) is 0 Å². The maximum absolute atomic E-state index is 8.51. The highest BCUT2D eigenvalue weighted by molar-refractivity contribution is 9.10. The van der Waals surface area contributed by atoms with Gasteiger partial charge in [-0.2, -0.15) is 0 Å². The number of ether oxygens (including phenoxy) is 1. The Kier molecular flexibility index (Phi) is 3.20. The van der Waals surface area contributed by atoms with Crippen LogP contribution < -0.4 is 0 Å². The van der Waals surface area contributed by atoms with Crippen molar-refractivity contribution in [1.29, 1.82) is 0 Å². The van der Waals surface area contributed by atoms with E-state index in [4.69, 9.17) is 10.3 Å². The van der Waals surface area contributed by atoms with E-state index in [1.165, 1.54) is 0 Å². The van der Waals surface area contributed by atoms with Crippen molar-refractivity contribution < 1.29 is 4.74 Å². The Balaban J connectivity index is 2.27. The van der Waals surface area contributed by atoms with Gasteiger partial charge in [-0.3, -0.25) is 0 Å². The lowest BCUT2D eigenvalue weighted by Gasteiger charge is -2.30. The predicted octanol–water partition coefficient (Wildman–Crippen LogP) is 2.84. The zero-order valence-corrected chi connectivity index (χ0v) is 9.46. The molecule has 0 bridgehead atoms. The van der Waals surface area contributed by atoms with Gasteiger partial charge >= 0.3 is 0 Å². The molecule has 1 aliphatic rings. The van der Waals surface area contributed by atoms with Gasteiger partial charge in [0, 0.05) is 10.8 Å². The molecule has 1 atom stereocenters. The van der Waals surface area contributed by atoms with Gasteiger partial charge in [0.1, 0.15) is 4.60 Å². The second-order valence-electron chi connectivity index (χ2n) is 3.33. The summed E-state index contributed by atoms with van der Waals surface area (Å²) in [5.74, 6) is 0.252. The third kappa shape index (κ3) is 2.28. The number of halogens is 1. The molecular formula is C9H9BrN4O. The van der Waals surface area contributed by atoms with Crippen molar-refractivity contribution in [2.45, 2.75) is 6.04 Å². The molecule has 1 aromatic heterocycles. The first-order chi connectivity index (χ1) is 7.31. The minimum absolute atomic E-state index is 0.221. The molecular weight excluding hydrogens is 260 g/mol. The number of rotatable bonds is 3. The smallest absolute Gasteiger partial charge is 0.106 e. The topological polar surface area (TPSA) is 70.9 Å². The lowest BCUT2D eigenvalue weighted by atomic mass is 9.96. The quantitative estimate of drug-likeness (QED) is 0.366. The van der Waals surface area contributed by atoms with Crippen molar-refractivity contribution in [3.8, 4) is 0 Å². The van der Waals surface area contributed by atoms with Gasteiger partial charge in [0.15, 0.2) is 0 Å². The van der Waals surface area contributed by atoms with Crippen LogP contribution in [0.2, 0.25) is 0 Å². The lowest BCUT2D eigenvalue weighted by molar-refractivity contribution is -0.0446. The van der Waals surface area contributed by atoms with Crippen LogP contribution in [0.15, 0.2) is 27.9 Å². The average molecular weight is 269 g/mol. The Hall–Kier alpha value is -1.10. The molecule has 1 fully saturated rings. The van der Waals surface area contributed by atoms with E-state index in [1.807, 2.05) is 18.2 Å². The minimum atomic E-state index is -0.221. The standard InChI is InChI=1S/C9H9BrN4O/c10-8-3-1-2-7(12-8)9(13-14-11)6-4-15-5-6/h1-3,6,9H,4-5H2. The van der Waals surface area contributed by atoms with Gasteiger partial charge in [-0.25, -0.2) is 4.98 Å². The summed E-state index contributed by atoms with van der Waals surface area (Å²) in [6, 6.07) is 5.36. The van der Waals surface area contributed by atoms with Gasteiger partial charge < -0.3 is 4.74 Å². The van der Waals surface area contributed by atoms with Gasteiger partial charge in [-0.05, 0) is 33.6 Å². The van der Waals surface area contributed by atoms with Crippen LogP contribution in [-0.2, 0) is 4.74 Å². The molecule has 0 aromatic carbocycles. The number of hydrogen-bond acceptors (Lipinski definition) is 3. The summed E-state index contributed by atoms with van der Waals surface area (Å²) >= 11 is 3.29. The van der Waals surface area contributed by atoms with Crippen molar-refractivity contribution >= 4 is 15.9 Å². The molecule has 2 rings (SSSR count). The molecule has 1 saturated heterocycles. The van der Waals surface area contributed by atoms with Crippen LogP contribution in [0.25, 0.3) is 10.4 Å². The fourth-order valence-electron chi connectivity index (χ4n) is 1.48. The van der Waals surface area contributed by atoms with Crippen LogP contribution >= 0.6 is 15.9 Å². The van der Waals surface area contributed by atoms with E-state index in [9.17, 15) is 0 Å². The highest BCUT2D eigenvalue weighted by Gasteiger charge is 2.29. The molecule has 0 saturated carbocycles. The molecule has 1 unspecified atom stereocenters. The summed E-state index contributed by atoms with van der Waals surface area (Å²) < 4.78 is 5.84. The minimum Gasteiger partial charge on any atom is -0.381 e. The summed E-state index contributed by atoms with van der Waals surface area (Å²) in [4.78, 5) is 7.15. The molecule has 0 aliphatic carbocycles. The predicted molar refractivity (Wildman–Crippen MR) is 58.1 cm³/mol. The first-order valence-corrected chi connectivity index (χ1v) is 5.35. The lowest BCUT2D eigenvalue weighted by Crippen LogP contribution is -2.32. The number of pyridine rings is 1. The van der Waals surface area contributed by atoms with Crippen LogP contribution in [0, 0.1) is 5.92 Å². The van der Waals surface area contributed by atoms with Gasteiger partial charge in [0.2, 0.25) is 0 Å². The van der Waals surface area contributed by atoms with E-state index >= 15 is 0 Å². The van der Waals surface area contributed by atoms with Crippen molar-refractivity contribution in [3.05, 3.63) is 38.9 Å². The maximum atomic E-state index is 8.51. The summed E-state index contributed by atoms with van der Waals surface area (Å²) in [6.07, 6.45) is 0. The Bertz CT molecular complexity index is 401. The van der Waals surface area contributed by atoms with Crippen molar-refractivity contribution in [3.63, 3.8) is 0 Å². The Morgan fingerprint density at radius 1 is 1.60 bits per heavy atom. The zero-order chi connectivity index (χ0) is 10.7. The van der Waals surface area contributed by atoms with Gasteiger partial charge in [0.05, 0.1) is 24.9 Å². The van der Waals surface area contributed by atoms with Crippen LogP contribution in [0.5, 0.6) is 0 Å². The third-order valence-electron chi connectivity index (χ3n) is 2.33. The molecule has 78 valence electrons. The summed E-state index contributed by atoms with van der Waals surface area (Å²) in [5, 5.41) is 3.77. The van der Waals surface area contributed by atoms with E-state index in [2.05, 4.69) is 30.9 Å². The molecule has 15 heavy (non-hydrogen) atoms. The Morgan fingerprint density at radius 3 is 2.93 bits per heavy atom. The highest BCUT2D eigenvalue weighted by Crippen LogP contribution is 2.31. The van der Waals surface area contributed by atoms with E-state index in [0.717, 1.165) is 10.3 Å². The second-order valence-corrected chi connectivity index (χ2v) is 4.14.